The Morgan fingerprint density at radius 3 is 2.70 bits per heavy atom. The van der Waals surface area contributed by atoms with Crippen molar-refractivity contribution in [3.05, 3.63) is 17.5 Å². The Morgan fingerprint density at radius 2 is 2.09 bits per heavy atom. The van der Waals surface area contributed by atoms with Crippen LogP contribution in [-0.4, -0.2) is 62.0 Å². The van der Waals surface area contributed by atoms with Gasteiger partial charge in [-0.3, -0.25) is 10.1 Å². The van der Waals surface area contributed by atoms with E-state index in [2.05, 4.69) is 15.5 Å². The minimum atomic E-state index is -0.0720. The molecule has 23 heavy (non-hydrogen) atoms. The Bertz CT molecular complexity index is 496. The largest absolute Gasteiger partial charge is 0.356 e. The summed E-state index contributed by atoms with van der Waals surface area (Å²) in [5, 5.41) is 8.68. The molecule has 0 unspecified atom stereocenters. The molecule has 1 aromatic heterocycles. The molecule has 2 rings (SSSR count). The van der Waals surface area contributed by atoms with Crippen molar-refractivity contribution in [2.24, 2.45) is 5.92 Å². The zero-order valence-corrected chi connectivity index (χ0v) is 14.7. The number of likely N-dealkylation sites (tertiary alicyclic amines) is 1. The Morgan fingerprint density at radius 1 is 1.35 bits per heavy atom. The summed E-state index contributed by atoms with van der Waals surface area (Å²) in [6.45, 7) is 2.96. The topological polar surface area (TPSA) is 64.7 Å². The smallest absolute Gasteiger partial charge is 0.322 e. The molecule has 7 heteroatoms. The van der Waals surface area contributed by atoms with Gasteiger partial charge < -0.3 is 15.1 Å². The molecule has 3 amide bonds. The van der Waals surface area contributed by atoms with Gasteiger partial charge in [0, 0.05) is 25.6 Å². The lowest BCUT2D eigenvalue weighted by atomic mass is 9.96. The van der Waals surface area contributed by atoms with Gasteiger partial charge in [-0.1, -0.05) is 0 Å². The molecule has 0 saturated carbocycles. The predicted octanol–water partition coefficient (Wildman–Crippen LogP) is 2.06. The van der Waals surface area contributed by atoms with Crippen molar-refractivity contribution < 1.29 is 9.59 Å². The molecule has 1 fully saturated rings. The third-order valence-electron chi connectivity index (χ3n) is 3.99. The summed E-state index contributed by atoms with van der Waals surface area (Å²) in [5.41, 5.74) is 0. The molecule has 0 bridgehead atoms. The summed E-state index contributed by atoms with van der Waals surface area (Å²) in [6, 6.07) is 3.72. The molecule has 1 saturated heterocycles. The van der Waals surface area contributed by atoms with Crippen LogP contribution in [0.15, 0.2) is 17.5 Å². The summed E-state index contributed by atoms with van der Waals surface area (Å²) in [6.07, 6.45) is 2.43. The maximum absolute atomic E-state index is 12.1. The van der Waals surface area contributed by atoms with Crippen LogP contribution >= 0.6 is 11.3 Å². The Balaban J connectivity index is 1.66. The summed E-state index contributed by atoms with van der Waals surface area (Å²) >= 11 is 1.51. The molecule has 0 atom stereocenters. The molecule has 6 nitrogen and oxygen atoms in total. The van der Waals surface area contributed by atoms with Gasteiger partial charge in [0.15, 0.2) is 0 Å². The number of rotatable bonds is 6. The van der Waals surface area contributed by atoms with Gasteiger partial charge in [-0.2, -0.15) is 0 Å². The normalized spacial score (nSPS) is 15.7. The maximum Gasteiger partial charge on any atom is 0.322 e. The highest BCUT2D eigenvalue weighted by molar-refractivity contribution is 7.14. The van der Waals surface area contributed by atoms with E-state index < -0.39 is 0 Å². The molecular formula is C16H26N4O2S. The molecule has 0 radical (unpaired) electrons. The molecule has 0 aromatic carbocycles. The zero-order chi connectivity index (χ0) is 16.7. The van der Waals surface area contributed by atoms with E-state index in [0.29, 0.717) is 13.1 Å². The first kappa shape index (κ1) is 17.7. The van der Waals surface area contributed by atoms with Crippen LogP contribution in [0.4, 0.5) is 9.80 Å². The van der Waals surface area contributed by atoms with Crippen molar-refractivity contribution >= 4 is 28.3 Å². The van der Waals surface area contributed by atoms with E-state index in [1.807, 2.05) is 31.6 Å². The summed E-state index contributed by atoms with van der Waals surface area (Å²) in [5.74, 6) is 0.155. The van der Waals surface area contributed by atoms with Crippen LogP contribution in [0.3, 0.4) is 0 Å². The molecule has 1 aliphatic rings. The zero-order valence-electron chi connectivity index (χ0n) is 13.9. The molecule has 2 N–H and O–H groups in total. The van der Waals surface area contributed by atoms with E-state index in [1.54, 1.807) is 4.90 Å². The van der Waals surface area contributed by atoms with Gasteiger partial charge in [-0.25, -0.2) is 4.79 Å². The lowest BCUT2D eigenvalue weighted by Crippen LogP contribution is -2.44. The minimum Gasteiger partial charge on any atom is -0.356 e. The summed E-state index contributed by atoms with van der Waals surface area (Å²) in [7, 11) is 4.05. The van der Waals surface area contributed by atoms with Gasteiger partial charge in [0.2, 0.25) is 5.91 Å². The minimum absolute atomic E-state index is 0.0279. The number of thiophene rings is 1. The number of amides is 3. The first-order valence-electron chi connectivity index (χ1n) is 8.08. The van der Waals surface area contributed by atoms with Gasteiger partial charge >= 0.3 is 6.03 Å². The fraction of sp³-hybridized carbons (Fsp3) is 0.625. The summed E-state index contributed by atoms with van der Waals surface area (Å²) < 4.78 is 0. The highest BCUT2D eigenvalue weighted by atomic mass is 32.1. The van der Waals surface area contributed by atoms with Crippen molar-refractivity contribution in [1.29, 1.82) is 0 Å². The Hall–Kier alpha value is -1.60. The molecule has 2 heterocycles. The molecule has 0 spiro atoms. The van der Waals surface area contributed by atoms with Crippen LogP contribution in [0.2, 0.25) is 0 Å². The van der Waals surface area contributed by atoms with Gasteiger partial charge in [0.05, 0.1) is 5.00 Å². The van der Waals surface area contributed by atoms with Crippen molar-refractivity contribution in [2.45, 2.75) is 19.3 Å². The number of nitrogens with zero attached hydrogens (tertiary/aromatic N) is 2. The van der Waals surface area contributed by atoms with Crippen LogP contribution in [0, 0.1) is 5.92 Å². The fourth-order valence-corrected chi connectivity index (χ4v) is 3.24. The number of hydrogen-bond donors (Lipinski definition) is 2. The molecular weight excluding hydrogens is 312 g/mol. The lowest BCUT2D eigenvalue weighted by Gasteiger charge is -2.31. The number of urea groups is 1. The molecule has 128 valence electrons. The van der Waals surface area contributed by atoms with Gasteiger partial charge in [-0.15, -0.1) is 11.3 Å². The Labute approximate surface area is 141 Å². The number of anilines is 1. The average molecular weight is 338 g/mol. The van der Waals surface area contributed by atoms with Crippen molar-refractivity contribution in [3.63, 3.8) is 0 Å². The van der Waals surface area contributed by atoms with E-state index in [4.69, 9.17) is 0 Å². The fourth-order valence-electron chi connectivity index (χ4n) is 2.63. The first-order valence-corrected chi connectivity index (χ1v) is 8.96. The second kappa shape index (κ2) is 8.88. The first-order chi connectivity index (χ1) is 11.1. The van der Waals surface area contributed by atoms with Gasteiger partial charge in [0.25, 0.3) is 0 Å². The van der Waals surface area contributed by atoms with Gasteiger partial charge in [0.1, 0.15) is 0 Å². The average Bonchev–Trinajstić information content (AvgIpc) is 3.04. The highest BCUT2D eigenvalue weighted by Gasteiger charge is 2.27. The number of piperidine rings is 1. The summed E-state index contributed by atoms with van der Waals surface area (Å²) in [4.78, 5) is 28.2. The number of hydrogen-bond acceptors (Lipinski definition) is 4. The van der Waals surface area contributed by atoms with Gasteiger partial charge in [-0.05, 0) is 57.4 Å². The van der Waals surface area contributed by atoms with E-state index in [-0.39, 0.29) is 17.9 Å². The third-order valence-corrected chi connectivity index (χ3v) is 4.77. The van der Waals surface area contributed by atoms with Crippen molar-refractivity contribution in [3.8, 4) is 0 Å². The third kappa shape index (κ3) is 5.84. The number of carbonyl (C=O) groups excluding carboxylic acids is 2. The van der Waals surface area contributed by atoms with Crippen molar-refractivity contribution in [1.82, 2.24) is 15.1 Å². The van der Waals surface area contributed by atoms with Crippen LogP contribution in [0.1, 0.15) is 19.3 Å². The van der Waals surface area contributed by atoms with Crippen LogP contribution in [0.25, 0.3) is 0 Å². The standard InChI is InChI=1S/C16H26N4O2S/c1-19(2)9-4-8-17-15(21)13-6-10-20(11-7-13)16(22)18-14-5-3-12-23-14/h3,5,12-13H,4,6-11H2,1-2H3,(H,17,21)(H,18,22). The number of carbonyl (C=O) groups is 2. The van der Waals surface area contributed by atoms with E-state index in [0.717, 1.165) is 37.4 Å². The van der Waals surface area contributed by atoms with Crippen LogP contribution in [-0.2, 0) is 4.79 Å². The number of nitrogens with one attached hydrogen (secondary N) is 2. The van der Waals surface area contributed by atoms with Crippen molar-refractivity contribution in [2.75, 3.05) is 45.6 Å². The van der Waals surface area contributed by atoms with Crippen LogP contribution < -0.4 is 10.6 Å². The second-order valence-corrected chi connectivity index (χ2v) is 7.06. The van der Waals surface area contributed by atoms with E-state index in [9.17, 15) is 9.59 Å². The van der Waals surface area contributed by atoms with E-state index >= 15 is 0 Å². The quantitative estimate of drug-likeness (QED) is 0.781. The Kier molecular flexibility index (Phi) is 6.85. The maximum atomic E-state index is 12.1. The lowest BCUT2D eigenvalue weighted by molar-refractivity contribution is -0.126. The monoisotopic (exact) mass is 338 g/mol. The van der Waals surface area contributed by atoms with E-state index in [1.165, 1.54) is 11.3 Å². The van der Waals surface area contributed by atoms with Crippen LogP contribution in [0.5, 0.6) is 0 Å². The molecule has 1 aliphatic heterocycles. The highest BCUT2D eigenvalue weighted by Crippen LogP contribution is 2.20. The second-order valence-electron chi connectivity index (χ2n) is 6.12. The SMILES string of the molecule is CN(C)CCCNC(=O)C1CCN(C(=O)Nc2cccs2)CC1. The molecule has 0 aliphatic carbocycles. The predicted molar refractivity (Wildman–Crippen MR) is 93.8 cm³/mol. The molecule has 1 aromatic rings.